The topological polar surface area (TPSA) is 43.1 Å². The van der Waals surface area contributed by atoms with Gasteiger partial charge in [0.25, 0.3) is 0 Å². The summed E-state index contributed by atoms with van der Waals surface area (Å²) in [7, 11) is 0. The summed E-state index contributed by atoms with van der Waals surface area (Å²) in [5, 5.41) is 0. The average molecular weight is 209 g/mol. The van der Waals surface area contributed by atoms with Crippen LogP contribution >= 0.6 is 0 Å². The first-order chi connectivity index (χ1) is 7.19. The van der Waals surface area contributed by atoms with Gasteiger partial charge in [-0.05, 0) is 19.3 Å². The Bertz CT molecular complexity index is 368. The molecule has 1 aromatic heterocycles. The molecule has 0 aromatic carbocycles. The number of unbranched alkanes of at least 4 members (excludes halogenated alkanes) is 2. The lowest BCUT2D eigenvalue weighted by Gasteiger charge is -2.05. The molecule has 1 aromatic rings. The van der Waals surface area contributed by atoms with Crippen molar-refractivity contribution in [3.8, 4) is 0 Å². The van der Waals surface area contributed by atoms with Gasteiger partial charge >= 0.3 is 5.63 Å². The first kappa shape index (κ1) is 12.0. The summed E-state index contributed by atoms with van der Waals surface area (Å²) >= 11 is 0. The van der Waals surface area contributed by atoms with Crippen LogP contribution in [0.2, 0.25) is 0 Å². The van der Waals surface area contributed by atoms with Crippen LogP contribution in [0, 0.1) is 6.92 Å². The molecule has 15 heavy (non-hydrogen) atoms. The minimum absolute atomic E-state index is 0.212. The average Bonchev–Trinajstić information content (AvgIpc) is 2.17. The van der Waals surface area contributed by atoms with E-state index in [-0.39, 0.29) is 5.63 Å². The van der Waals surface area contributed by atoms with E-state index >= 15 is 0 Å². The molecule has 0 fully saturated rings. The number of rotatable bonds is 5. The van der Waals surface area contributed by atoms with Crippen LogP contribution in [0.5, 0.6) is 0 Å². The second-order valence-electron chi connectivity index (χ2n) is 3.76. The summed E-state index contributed by atoms with van der Waals surface area (Å²) in [6, 6.07) is 0. The Kier molecular flexibility index (Phi) is 4.53. The molecule has 0 atom stereocenters. The van der Waals surface area contributed by atoms with Crippen molar-refractivity contribution < 1.29 is 4.42 Å². The summed E-state index contributed by atoms with van der Waals surface area (Å²) in [4.78, 5) is 15.8. The molecule has 1 heterocycles. The van der Waals surface area contributed by atoms with E-state index in [1.54, 1.807) is 6.92 Å². The molecule has 0 aliphatic heterocycles. The van der Waals surface area contributed by atoms with Crippen LogP contribution in [-0.4, -0.2) is 4.98 Å². The van der Waals surface area contributed by atoms with Crippen LogP contribution in [0.25, 0.3) is 0 Å². The Morgan fingerprint density at radius 2 is 2.00 bits per heavy atom. The van der Waals surface area contributed by atoms with E-state index < -0.39 is 0 Å². The summed E-state index contributed by atoms with van der Waals surface area (Å²) < 4.78 is 4.98. The molecule has 0 saturated carbocycles. The van der Waals surface area contributed by atoms with Crippen LogP contribution in [-0.2, 0) is 12.8 Å². The van der Waals surface area contributed by atoms with E-state index in [2.05, 4.69) is 11.9 Å². The molecule has 1 rings (SSSR count). The third-order valence-electron chi connectivity index (χ3n) is 2.50. The molecule has 3 nitrogen and oxygen atoms in total. The normalized spacial score (nSPS) is 10.6. The predicted molar refractivity (Wildman–Crippen MR) is 60.1 cm³/mol. The van der Waals surface area contributed by atoms with Gasteiger partial charge in [-0.3, -0.25) is 0 Å². The zero-order valence-corrected chi connectivity index (χ0v) is 9.80. The van der Waals surface area contributed by atoms with Gasteiger partial charge in [0.2, 0.25) is 0 Å². The highest BCUT2D eigenvalue weighted by Crippen LogP contribution is 2.08. The maximum Gasteiger partial charge on any atom is 0.342 e. The van der Waals surface area contributed by atoms with Crippen LogP contribution in [0.3, 0.4) is 0 Å². The summed E-state index contributed by atoms with van der Waals surface area (Å²) in [6.07, 6.45) is 5.06. The monoisotopic (exact) mass is 209 g/mol. The second kappa shape index (κ2) is 5.69. The lowest BCUT2D eigenvalue weighted by molar-refractivity contribution is 0.442. The van der Waals surface area contributed by atoms with Crippen molar-refractivity contribution in [3.05, 3.63) is 27.6 Å². The minimum Gasteiger partial charge on any atom is -0.408 e. The van der Waals surface area contributed by atoms with Crippen LogP contribution in [0.1, 0.15) is 50.3 Å². The Morgan fingerprint density at radius 1 is 1.27 bits per heavy atom. The van der Waals surface area contributed by atoms with Crippen molar-refractivity contribution in [2.24, 2.45) is 0 Å². The predicted octanol–water partition coefficient (Wildman–Crippen LogP) is 2.64. The lowest BCUT2D eigenvalue weighted by atomic mass is 10.1. The quantitative estimate of drug-likeness (QED) is 0.700. The number of nitrogens with zero attached hydrogens (tertiary/aromatic N) is 1. The highest BCUT2D eigenvalue weighted by atomic mass is 16.4. The smallest absolute Gasteiger partial charge is 0.342 e. The molecule has 0 saturated heterocycles. The third-order valence-corrected chi connectivity index (χ3v) is 2.50. The van der Waals surface area contributed by atoms with Crippen molar-refractivity contribution in [2.45, 2.75) is 52.9 Å². The molecule has 0 bridgehead atoms. The van der Waals surface area contributed by atoms with Crippen LogP contribution < -0.4 is 5.63 Å². The fraction of sp³-hybridized carbons (Fsp3) is 0.667. The van der Waals surface area contributed by atoms with E-state index in [0.717, 1.165) is 24.1 Å². The van der Waals surface area contributed by atoms with Gasteiger partial charge in [0, 0.05) is 6.92 Å². The Morgan fingerprint density at radius 3 is 2.60 bits per heavy atom. The molecule has 0 radical (unpaired) electrons. The Balaban J connectivity index is 2.89. The first-order valence-electron chi connectivity index (χ1n) is 5.68. The minimum atomic E-state index is -0.212. The number of hydrogen-bond acceptors (Lipinski definition) is 3. The van der Waals surface area contributed by atoms with Crippen molar-refractivity contribution in [1.29, 1.82) is 0 Å². The zero-order valence-electron chi connectivity index (χ0n) is 9.80. The third kappa shape index (κ3) is 3.18. The van der Waals surface area contributed by atoms with Gasteiger partial charge in [-0.25, -0.2) is 9.78 Å². The molecule has 0 amide bonds. The number of aromatic nitrogens is 1. The van der Waals surface area contributed by atoms with Crippen LogP contribution in [0.4, 0.5) is 0 Å². The van der Waals surface area contributed by atoms with Gasteiger partial charge in [-0.2, -0.15) is 0 Å². The maximum atomic E-state index is 11.5. The fourth-order valence-corrected chi connectivity index (χ4v) is 1.69. The summed E-state index contributed by atoms with van der Waals surface area (Å²) in [6.45, 7) is 5.86. The van der Waals surface area contributed by atoms with E-state index in [0.29, 0.717) is 12.3 Å². The van der Waals surface area contributed by atoms with Gasteiger partial charge in [0.05, 0.1) is 11.3 Å². The Labute approximate surface area is 90.5 Å². The second-order valence-corrected chi connectivity index (χ2v) is 3.76. The highest BCUT2D eigenvalue weighted by molar-refractivity contribution is 5.16. The highest BCUT2D eigenvalue weighted by Gasteiger charge is 2.09. The van der Waals surface area contributed by atoms with Crippen molar-refractivity contribution in [1.82, 2.24) is 4.98 Å². The van der Waals surface area contributed by atoms with Crippen molar-refractivity contribution >= 4 is 0 Å². The standard InChI is InChI=1S/C12H19NO2/c1-4-6-7-8-11-10(5-2)12(14)15-9(3)13-11/h4-8H2,1-3H3. The van der Waals surface area contributed by atoms with E-state index in [1.165, 1.54) is 12.8 Å². The molecule has 0 aliphatic carbocycles. The van der Waals surface area contributed by atoms with Crippen molar-refractivity contribution in [3.63, 3.8) is 0 Å². The largest absolute Gasteiger partial charge is 0.408 e. The van der Waals surface area contributed by atoms with E-state index in [4.69, 9.17) is 4.42 Å². The van der Waals surface area contributed by atoms with Crippen molar-refractivity contribution in [2.75, 3.05) is 0 Å². The molecule has 0 unspecified atom stereocenters. The fourth-order valence-electron chi connectivity index (χ4n) is 1.69. The summed E-state index contributed by atoms with van der Waals surface area (Å²) in [5.41, 5.74) is 1.47. The molecule has 0 aliphatic rings. The summed E-state index contributed by atoms with van der Waals surface area (Å²) in [5.74, 6) is 0.476. The van der Waals surface area contributed by atoms with Gasteiger partial charge in [-0.15, -0.1) is 0 Å². The SMILES string of the molecule is CCCCCc1nc(C)oc(=O)c1CC. The van der Waals surface area contributed by atoms with Gasteiger partial charge in [0.1, 0.15) is 0 Å². The molecule has 84 valence electrons. The van der Waals surface area contributed by atoms with E-state index in [9.17, 15) is 4.79 Å². The van der Waals surface area contributed by atoms with Gasteiger partial charge in [-0.1, -0.05) is 26.7 Å². The number of hydrogen-bond donors (Lipinski definition) is 0. The van der Waals surface area contributed by atoms with Gasteiger partial charge in [0.15, 0.2) is 5.89 Å². The van der Waals surface area contributed by atoms with Gasteiger partial charge < -0.3 is 4.42 Å². The molecular weight excluding hydrogens is 190 g/mol. The zero-order chi connectivity index (χ0) is 11.3. The molecule has 0 spiro atoms. The molecular formula is C12H19NO2. The first-order valence-corrected chi connectivity index (χ1v) is 5.68. The molecule has 3 heteroatoms. The maximum absolute atomic E-state index is 11.5. The molecule has 0 N–H and O–H groups in total. The number of aryl methyl sites for hydroxylation is 2. The lowest BCUT2D eigenvalue weighted by Crippen LogP contribution is -2.13. The Hall–Kier alpha value is -1.12. The van der Waals surface area contributed by atoms with E-state index in [1.807, 2.05) is 6.92 Å². The van der Waals surface area contributed by atoms with Crippen LogP contribution in [0.15, 0.2) is 9.21 Å².